The SMILES string of the molecule is O=C1[C@@H]2Cc3c([nH]c4ccccc34)[C@@H](c3ccccc3)N2C(=O)CN1/N=C\c1ccc(Cl)cc1Cl. The van der Waals surface area contributed by atoms with E-state index in [9.17, 15) is 9.59 Å². The van der Waals surface area contributed by atoms with Crippen LogP contribution in [0.25, 0.3) is 10.9 Å². The quantitative estimate of drug-likeness (QED) is 0.391. The lowest BCUT2D eigenvalue weighted by Gasteiger charge is -2.45. The molecule has 3 aromatic carbocycles. The number of aromatic amines is 1. The van der Waals surface area contributed by atoms with E-state index in [1.54, 1.807) is 23.1 Å². The van der Waals surface area contributed by atoms with E-state index in [1.807, 2.05) is 48.5 Å². The molecular weight excluding hydrogens is 483 g/mol. The summed E-state index contributed by atoms with van der Waals surface area (Å²) < 4.78 is 0. The highest BCUT2D eigenvalue weighted by atomic mass is 35.5. The second-order valence-electron chi connectivity index (χ2n) is 8.70. The van der Waals surface area contributed by atoms with Gasteiger partial charge in [0.2, 0.25) is 5.91 Å². The van der Waals surface area contributed by atoms with Gasteiger partial charge in [-0.1, -0.05) is 77.8 Å². The van der Waals surface area contributed by atoms with Gasteiger partial charge < -0.3 is 9.88 Å². The van der Waals surface area contributed by atoms with Gasteiger partial charge in [0.1, 0.15) is 12.6 Å². The average Bonchev–Trinajstić information content (AvgIpc) is 3.24. The van der Waals surface area contributed by atoms with Crippen LogP contribution >= 0.6 is 23.2 Å². The molecule has 0 bridgehead atoms. The minimum atomic E-state index is -0.661. The summed E-state index contributed by atoms with van der Waals surface area (Å²) in [6, 6.07) is 21.8. The van der Waals surface area contributed by atoms with Crippen molar-refractivity contribution in [2.45, 2.75) is 18.5 Å². The zero-order valence-electron chi connectivity index (χ0n) is 18.5. The van der Waals surface area contributed by atoms with Crippen molar-refractivity contribution in [3.63, 3.8) is 0 Å². The van der Waals surface area contributed by atoms with E-state index < -0.39 is 6.04 Å². The lowest BCUT2D eigenvalue weighted by Crippen LogP contribution is -2.61. The molecule has 2 aliphatic heterocycles. The normalized spacial score (nSPS) is 19.9. The maximum atomic E-state index is 13.7. The maximum Gasteiger partial charge on any atom is 0.266 e. The van der Waals surface area contributed by atoms with Crippen LogP contribution < -0.4 is 0 Å². The summed E-state index contributed by atoms with van der Waals surface area (Å²) in [5, 5.41) is 7.59. The summed E-state index contributed by atoms with van der Waals surface area (Å²) in [7, 11) is 0. The van der Waals surface area contributed by atoms with Crippen molar-refractivity contribution in [2.75, 3.05) is 6.54 Å². The number of rotatable bonds is 3. The van der Waals surface area contributed by atoms with Gasteiger partial charge in [-0.3, -0.25) is 9.59 Å². The molecule has 174 valence electrons. The zero-order valence-corrected chi connectivity index (χ0v) is 20.0. The Morgan fingerprint density at radius 1 is 0.971 bits per heavy atom. The molecule has 0 aliphatic carbocycles. The predicted molar refractivity (Wildman–Crippen MR) is 137 cm³/mol. The number of H-pyrrole nitrogens is 1. The number of benzene rings is 3. The molecule has 0 radical (unpaired) electrons. The van der Waals surface area contributed by atoms with Crippen molar-refractivity contribution in [1.82, 2.24) is 14.9 Å². The number of hydrogen-bond donors (Lipinski definition) is 1. The predicted octanol–water partition coefficient (Wildman–Crippen LogP) is 5.19. The largest absolute Gasteiger partial charge is 0.356 e. The summed E-state index contributed by atoms with van der Waals surface area (Å²) in [4.78, 5) is 32.4. The number of carbonyl (C=O) groups is 2. The Hall–Kier alpha value is -3.61. The molecule has 0 unspecified atom stereocenters. The van der Waals surface area contributed by atoms with Crippen LogP contribution in [0, 0.1) is 0 Å². The lowest BCUT2D eigenvalue weighted by molar-refractivity contribution is -0.158. The Labute approximate surface area is 211 Å². The van der Waals surface area contributed by atoms with Gasteiger partial charge >= 0.3 is 0 Å². The van der Waals surface area contributed by atoms with Gasteiger partial charge in [-0.15, -0.1) is 0 Å². The summed E-state index contributed by atoms with van der Waals surface area (Å²) >= 11 is 12.2. The molecule has 1 N–H and O–H groups in total. The molecule has 35 heavy (non-hydrogen) atoms. The van der Waals surface area contributed by atoms with Crippen molar-refractivity contribution in [3.8, 4) is 0 Å². The number of halogens is 2. The standard InChI is InChI=1S/C27H20Cl2N4O2/c28-18-11-10-17(21(29)12-18)14-30-32-15-24(34)33-23(27(32)35)13-20-19-8-4-5-9-22(19)31-25(20)26(33)16-6-2-1-3-7-16/h1-12,14,23,26,31H,13,15H2/b30-14-/t23-,26+/m0/s1. The molecule has 2 aliphatic rings. The van der Waals surface area contributed by atoms with Crippen molar-refractivity contribution in [2.24, 2.45) is 5.10 Å². The fraction of sp³-hybridized carbons (Fsp3) is 0.148. The van der Waals surface area contributed by atoms with Gasteiger partial charge in [0.15, 0.2) is 0 Å². The second-order valence-corrected chi connectivity index (χ2v) is 9.55. The van der Waals surface area contributed by atoms with Gasteiger partial charge in [0.05, 0.1) is 17.3 Å². The first-order valence-electron chi connectivity index (χ1n) is 11.3. The first kappa shape index (κ1) is 21.9. The first-order chi connectivity index (χ1) is 17.0. The Bertz CT molecular complexity index is 1500. The number of nitrogens with zero attached hydrogens (tertiary/aromatic N) is 3. The van der Waals surface area contributed by atoms with Gasteiger partial charge in [0, 0.05) is 33.6 Å². The van der Waals surface area contributed by atoms with E-state index >= 15 is 0 Å². The van der Waals surface area contributed by atoms with Crippen LogP contribution in [0.4, 0.5) is 0 Å². The smallest absolute Gasteiger partial charge is 0.266 e. The fourth-order valence-corrected chi connectivity index (χ4v) is 5.52. The summed E-state index contributed by atoms with van der Waals surface area (Å²) in [5.74, 6) is -0.380. The molecule has 3 heterocycles. The van der Waals surface area contributed by atoms with E-state index in [2.05, 4.69) is 16.2 Å². The highest BCUT2D eigenvalue weighted by Gasteiger charge is 2.48. The molecule has 1 saturated heterocycles. The number of hydrogen-bond acceptors (Lipinski definition) is 3. The first-order valence-corrected chi connectivity index (χ1v) is 12.0. The third-order valence-corrected chi connectivity index (χ3v) is 7.22. The average molecular weight is 503 g/mol. The van der Waals surface area contributed by atoms with Crippen LogP contribution in [0.2, 0.25) is 10.0 Å². The number of carbonyl (C=O) groups excluding carboxylic acids is 2. The van der Waals surface area contributed by atoms with Crippen LogP contribution in [0.3, 0.4) is 0 Å². The van der Waals surface area contributed by atoms with Crippen molar-refractivity contribution in [3.05, 3.63) is 105 Å². The van der Waals surface area contributed by atoms with Crippen LogP contribution in [-0.2, 0) is 16.0 Å². The third kappa shape index (κ3) is 3.70. The Balaban J connectivity index is 1.42. The molecule has 1 fully saturated rings. The van der Waals surface area contributed by atoms with Gasteiger partial charge in [0.25, 0.3) is 5.91 Å². The molecule has 2 amide bonds. The molecule has 8 heteroatoms. The van der Waals surface area contributed by atoms with E-state index in [0.717, 1.165) is 27.7 Å². The number of hydrazone groups is 1. The van der Waals surface area contributed by atoms with Gasteiger partial charge in [-0.05, 0) is 29.3 Å². The number of para-hydroxylation sites is 1. The Morgan fingerprint density at radius 3 is 2.54 bits per heavy atom. The monoisotopic (exact) mass is 502 g/mol. The Kier molecular flexibility index (Phi) is 5.35. The van der Waals surface area contributed by atoms with Gasteiger partial charge in [-0.25, -0.2) is 5.01 Å². The molecule has 1 aromatic heterocycles. The summed E-state index contributed by atoms with van der Waals surface area (Å²) in [6.45, 7) is -0.143. The van der Waals surface area contributed by atoms with E-state index in [-0.39, 0.29) is 24.4 Å². The number of piperazine rings is 1. The topological polar surface area (TPSA) is 68.8 Å². The fourth-order valence-electron chi connectivity index (χ4n) is 5.07. The maximum absolute atomic E-state index is 13.7. The van der Waals surface area contributed by atoms with Crippen molar-refractivity contribution < 1.29 is 9.59 Å². The molecule has 0 spiro atoms. The molecule has 0 saturated carbocycles. The van der Waals surface area contributed by atoms with Crippen molar-refractivity contribution >= 4 is 52.1 Å². The number of fused-ring (bicyclic) bond motifs is 4. The third-order valence-electron chi connectivity index (χ3n) is 6.66. The van der Waals surface area contributed by atoms with Crippen LogP contribution in [-0.4, -0.2) is 45.5 Å². The summed E-state index contributed by atoms with van der Waals surface area (Å²) in [5.41, 5.74) is 4.58. The minimum Gasteiger partial charge on any atom is -0.356 e. The van der Waals surface area contributed by atoms with Crippen molar-refractivity contribution in [1.29, 1.82) is 0 Å². The van der Waals surface area contributed by atoms with Crippen LogP contribution in [0.15, 0.2) is 77.9 Å². The van der Waals surface area contributed by atoms with Crippen LogP contribution in [0.5, 0.6) is 0 Å². The zero-order chi connectivity index (χ0) is 24.1. The molecule has 4 aromatic rings. The van der Waals surface area contributed by atoms with Crippen LogP contribution in [0.1, 0.15) is 28.4 Å². The summed E-state index contributed by atoms with van der Waals surface area (Å²) in [6.07, 6.45) is 1.91. The van der Waals surface area contributed by atoms with E-state index in [1.165, 1.54) is 11.2 Å². The highest BCUT2D eigenvalue weighted by molar-refractivity contribution is 6.36. The minimum absolute atomic E-state index is 0.143. The number of nitrogens with one attached hydrogen (secondary N) is 1. The molecular formula is C27H20Cl2N4O2. The van der Waals surface area contributed by atoms with Gasteiger partial charge in [-0.2, -0.15) is 5.10 Å². The molecule has 6 nitrogen and oxygen atoms in total. The molecule has 6 rings (SSSR count). The van der Waals surface area contributed by atoms with E-state index in [0.29, 0.717) is 22.0 Å². The highest BCUT2D eigenvalue weighted by Crippen LogP contribution is 2.42. The number of amides is 2. The lowest BCUT2D eigenvalue weighted by atomic mass is 9.86. The molecule has 2 atom stereocenters. The second kappa shape index (κ2) is 8.56. The Morgan fingerprint density at radius 2 is 1.74 bits per heavy atom. The number of aromatic nitrogens is 1. The van der Waals surface area contributed by atoms with E-state index in [4.69, 9.17) is 23.2 Å².